The lowest BCUT2D eigenvalue weighted by atomic mass is 9.99. The number of nitrogens with zero attached hydrogens (tertiary/aromatic N) is 2. The lowest BCUT2D eigenvalue weighted by Crippen LogP contribution is -2.16. The second-order valence-corrected chi connectivity index (χ2v) is 7.71. The molecule has 0 unspecified atom stereocenters. The maximum absolute atomic E-state index is 13.6. The first-order valence-corrected chi connectivity index (χ1v) is 9.47. The van der Waals surface area contributed by atoms with E-state index in [1.165, 1.54) is 16.5 Å². The van der Waals surface area contributed by atoms with Crippen molar-refractivity contribution in [2.45, 2.75) is 12.8 Å². The maximum atomic E-state index is 13.6. The van der Waals surface area contributed by atoms with E-state index in [4.69, 9.17) is 4.98 Å². The highest BCUT2D eigenvalue weighted by Crippen LogP contribution is 2.38. The van der Waals surface area contributed by atoms with E-state index in [1.54, 1.807) is 16.5 Å². The van der Waals surface area contributed by atoms with Crippen LogP contribution in [0.25, 0.3) is 49.0 Å². The third kappa shape index (κ3) is 1.54. The van der Waals surface area contributed by atoms with Gasteiger partial charge in [0.1, 0.15) is 11.4 Å². The van der Waals surface area contributed by atoms with Crippen LogP contribution in [0.3, 0.4) is 0 Å². The van der Waals surface area contributed by atoms with E-state index in [1.807, 2.05) is 18.2 Å². The van der Waals surface area contributed by atoms with Crippen molar-refractivity contribution >= 4 is 49.0 Å². The Hall–Kier alpha value is -3.66. The molecule has 4 nitrogen and oxygen atoms in total. The Balaban J connectivity index is 1.88. The lowest BCUT2D eigenvalue weighted by molar-refractivity contribution is 0.477. The van der Waals surface area contributed by atoms with Gasteiger partial charge in [0, 0.05) is 16.2 Å². The average Bonchev–Trinajstić information content (AvgIpc) is 3.14. The van der Waals surface area contributed by atoms with Gasteiger partial charge in [0.2, 0.25) is 0 Å². The van der Waals surface area contributed by atoms with Crippen molar-refractivity contribution < 1.29 is 5.11 Å². The fourth-order valence-electron chi connectivity index (χ4n) is 5.12. The molecule has 1 N–H and O–H groups in total. The Kier molecular flexibility index (Phi) is 2.36. The summed E-state index contributed by atoms with van der Waals surface area (Å²) in [5, 5.41) is 15.6. The van der Waals surface area contributed by atoms with Crippen LogP contribution in [0.15, 0.2) is 59.4 Å². The normalized spacial score (nSPS) is 13.7. The van der Waals surface area contributed by atoms with Crippen LogP contribution in [0.4, 0.5) is 0 Å². The van der Waals surface area contributed by atoms with Crippen LogP contribution < -0.4 is 5.56 Å². The second-order valence-electron chi connectivity index (χ2n) is 7.71. The van der Waals surface area contributed by atoms with Gasteiger partial charge in [-0.3, -0.25) is 9.20 Å². The number of rotatable bonds is 0. The summed E-state index contributed by atoms with van der Waals surface area (Å²) in [6, 6.07) is 17.6. The van der Waals surface area contributed by atoms with Crippen LogP contribution >= 0.6 is 0 Å². The van der Waals surface area contributed by atoms with Gasteiger partial charge in [0.25, 0.3) is 5.56 Å². The molecule has 1 aliphatic carbocycles. The summed E-state index contributed by atoms with van der Waals surface area (Å²) in [6.45, 7) is 0. The van der Waals surface area contributed by atoms with Crippen molar-refractivity contribution in [3.8, 4) is 5.75 Å². The fraction of sp³-hybridized carbons (Fsp3) is 0.0833. The Morgan fingerprint density at radius 2 is 1.68 bits per heavy atom. The first kappa shape index (κ1) is 14.4. The van der Waals surface area contributed by atoms with Crippen LogP contribution in [0.1, 0.15) is 11.1 Å². The van der Waals surface area contributed by atoms with Crippen molar-refractivity contribution in [2.75, 3.05) is 0 Å². The van der Waals surface area contributed by atoms with E-state index in [0.29, 0.717) is 11.0 Å². The number of aryl methyl sites for hydroxylation is 2. The van der Waals surface area contributed by atoms with Gasteiger partial charge in [-0.25, -0.2) is 4.98 Å². The summed E-state index contributed by atoms with van der Waals surface area (Å²) in [7, 11) is 0. The molecule has 28 heavy (non-hydrogen) atoms. The highest BCUT2D eigenvalue weighted by molar-refractivity contribution is 6.18. The topological polar surface area (TPSA) is 54.6 Å². The summed E-state index contributed by atoms with van der Waals surface area (Å²) in [6.07, 6.45) is 2.08. The van der Waals surface area contributed by atoms with Gasteiger partial charge in [-0.2, -0.15) is 0 Å². The zero-order chi connectivity index (χ0) is 18.6. The molecule has 132 valence electrons. The van der Waals surface area contributed by atoms with Crippen LogP contribution in [-0.2, 0) is 12.8 Å². The molecular formula is C24H14N2O2. The monoisotopic (exact) mass is 362 g/mol. The molecule has 7 rings (SSSR count). The molecule has 0 spiro atoms. The van der Waals surface area contributed by atoms with E-state index < -0.39 is 0 Å². The summed E-state index contributed by atoms with van der Waals surface area (Å²) in [5.74, 6) is 0.103. The number of aromatic hydroxyl groups is 1. The number of phenols is 1. The zero-order valence-electron chi connectivity index (χ0n) is 14.9. The van der Waals surface area contributed by atoms with Gasteiger partial charge in [0.15, 0.2) is 0 Å². The third-order valence-corrected chi connectivity index (χ3v) is 6.27. The van der Waals surface area contributed by atoms with E-state index in [9.17, 15) is 9.90 Å². The third-order valence-electron chi connectivity index (χ3n) is 6.27. The molecule has 0 atom stereocenters. The first-order valence-electron chi connectivity index (χ1n) is 9.47. The van der Waals surface area contributed by atoms with E-state index in [-0.39, 0.29) is 11.3 Å². The number of phenolic OH excluding ortho intramolecular Hbond substituents is 1. The van der Waals surface area contributed by atoms with E-state index in [2.05, 4.69) is 24.3 Å². The van der Waals surface area contributed by atoms with Crippen LogP contribution in [0.2, 0.25) is 0 Å². The molecule has 0 aliphatic heterocycles. The summed E-state index contributed by atoms with van der Waals surface area (Å²) >= 11 is 0. The molecule has 4 heteroatoms. The minimum absolute atomic E-state index is 0.103. The second kappa shape index (κ2) is 4.60. The molecule has 0 bridgehead atoms. The standard InChI is InChI=1S/C24H14N2O2/c27-15-10-14-2-1-3-16-21(14)17(11-15)24(28)26-19-9-7-13-5-4-12-6-8-18(25-23(16)26)22(19)20(12)13/h1-3,6-11,27H,4-5H2. The van der Waals surface area contributed by atoms with Crippen molar-refractivity contribution in [3.05, 3.63) is 76.1 Å². The number of hydrogen-bond acceptors (Lipinski definition) is 3. The van der Waals surface area contributed by atoms with Crippen molar-refractivity contribution in [3.63, 3.8) is 0 Å². The Morgan fingerprint density at radius 3 is 2.54 bits per heavy atom. The first-order chi connectivity index (χ1) is 13.7. The van der Waals surface area contributed by atoms with Gasteiger partial charge >= 0.3 is 0 Å². The fourth-order valence-corrected chi connectivity index (χ4v) is 5.12. The van der Waals surface area contributed by atoms with Crippen LogP contribution in [0, 0.1) is 0 Å². The molecule has 0 saturated heterocycles. The summed E-state index contributed by atoms with van der Waals surface area (Å²) < 4.78 is 1.73. The highest BCUT2D eigenvalue weighted by atomic mass is 16.3. The molecule has 1 aliphatic rings. The Bertz CT molecular complexity index is 1680. The van der Waals surface area contributed by atoms with Gasteiger partial charge in [-0.1, -0.05) is 30.3 Å². The smallest absolute Gasteiger partial charge is 0.264 e. The number of aromatic nitrogens is 2. The van der Waals surface area contributed by atoms with Crippen molar-refractivity contribution in [1.82, 2.24) is 9.38 Å². The SMILES string of the molecule is O=c1c2cc(O)cc3cccc(c32)c2nc3ccc4c5c(ccc(c35)n12)CC4. The average molecular weight is 362 g/mol. The molecule has 2 aromatic heterocycles. The molecule has 2 heterocycles. The maximum Gasteiger partial charge on any atom is 0.264 e. The van der Waals surface area contributed by atoms with Gasteiger partial charge in [-0.05, 0) is 59.0 Å². The van der Waals surface area contributed by atoms with Crippen molar-refractivity contribution in [1.29, 1.82) is 0 Å². The molecule has 0 saturated carbocycles. The predicted molar refractivity (Wildman–Crippen MR) is 112 cm³/mol. The lowest BCUT2D eigenvalue weighted by Gasteiger charge is -2.15. The number of pyridine rings is 1. The van der Waals surface area contributed by atoms with Crippen LogP contribution in [-0.4, -0.2) is 14.5 Å². The molecular weight excluding hydrogens is 348 g/mol. The van der Waals surface area contributed by atoms with Gasteiger partial charge in [0.05, 0.1) is 16.4 Å². The molecule has 0 amide bonds. The van der Waals surface area contributed by atoms with E-state index >= 15 is 0 Å². The molecule has 6 aromatic rings. The van der Waals surface area contributed by atoms with Crippen LogP contribution in [0.5, 0.6) is 5.75 Å². The largest absolute Gasteiger partial charge is 0.508 e. The summed E-state index contributed by atoms with van der Waals surface area (Å²) in [4.78, 5) is 18.5. The highest BCUT2D eigenvalue weighted by Gasteiger charge is 2.21. The Labute approximate surface area is 158 Å². The summed E-state index contributed by atoms with van der Waals surface area (Å²) in [5.41, 5.74) is 5.01. The van der Waals surface area contributed by atoms with E-state index in [0.717, 1.165) is 45.4 Å². The number of hydrogen-bond donors (Lipinski definition) is 1. The minimum Gasteiger partial charge on any atom is -0.508 e. The zero-order valence-corrected chi connectivity index (χ0v) is 14.9. The Morgan fingerprint density at radius 1 is 0.857 bits per heavy atom. The quantitative estimate of drug-likeness (QED) is 0.319. The molecule has 0 radical (unpaired) electrons. The minimum atomic E-state index is -0.136. The number of fused-ring (bicyclic) bond motifs is 3. The predicted octanol–water partition coefficient (Wildman–Crippen LogP) is 4.55. The van der Waals surface area contributed by atoms with Gasteiger partial charge < -0.3 is 5.11 Å². The molecule has 0 fully saturated rings. The molecule has 4 aromatic carbocycles. The van der Waals surface area contributed by atoms with Gasteiger partial charge in [-0.15, -0.1) is 0 Å². The van der Waals surface area contributed by atoms with Crippen molar-refractivity contribution in [2.24, 2.45) is 0 Å². The number of benzene rings is 4.